The minimum Gasteiger partial charge on any atom is -0.482 e. The molecule has 0 amide bonds. The highest BCUT2D eigenvalue weighted by molar-refractivity contribution is 5.71. The van der Waals surface area contributed by atoms with E-state index in [9.17, 15) is 4.79 Å². The van der Waals surface area contributed by atoms with E-state index >= 15 is 0 Å². The Hall–Kier alpha value is -1.55. The molecule has 20 heavy (non-hydrogen) atoms. The molecule has 1 unspecified atom stereocenters. The van der Waals surface area contributed by atoms with Crippen LogP contribution in [0.4, 0.5) is 0 Å². The van der Waals surface area contributed by atoms with Gasteiger partial charge in [0.2, 0.25) is 0 Å². The highest BCUT2D eigenvalue weighted by Crippen LogP contribution is 2.26. The maximum absolute atomic E-state index is 11.5. The van der Waals surface area contributed by atoms with Crippen LogP contribution < -0.4 is 10.1 Å². The number of esters is 1. The van der Waals surface area contributed by atoms with Gasteiger partial charge in [-0.3, -0.25) is 0 Å². The number of ether oxygens (including phenoxy) is 2. The lowest BCUT2D eigenvalue weighted by molar-refractivity contribution is -0.146. The maximum atomic E-state index is 11.5. The van der Waals surface area contributed by atoms with Gasteiger partial charge >= 0.3 is 5.97 Å². The Balaban J connectivity index is 2.61. The highest BCUT2D eigenvalue weighted by Gasteiger charge is 2.12. The average molecular weight is 279 g/mol. The second-order valence-corrected chi connectivity index (χ2v) is 4.91. The standard InChI is InChI=1S/C16H25NO3/c1-5-6-9-19-16(18)11-20-15-8-7-12(2)10-14(15)13(3)17-4/h7-8,10,13,17H,5-6,9,11H2,1-4H3. The van der Waals surface area contributed by atoms with Crippen molar-refractivity contribution in [2.45, 2.75) is 39.7 Å². The fraction of sp³-hybridized carbons (Fsp3) is 0.562. The molecule has 1 aromatic carbocycles. The molecule has 112 valence electrons. The van der Waals surface area contributed by atoms with Gasteiger partial charge in [-0.1, -0.05) is 31.0 Å². The van der Waals surface area contributed by atoms with Gasteiger partial charge in [0.1, 0.15) is 5.75 Å². The van der Waals surface area contributed by atoms with Crippen molar-refractivity contribution in [2.75, 3.05) is 20.3 Å². The van der Waals surface area contributed by atoms with Crippen LogP contribution in [0.1, 0.15) is 43.9 Å². The van der Waals surface area contributed by atoms with Crippen LogP contribution in [0.3, 0.4) is 0 Å². The topological polar surface area (TPSA) is 47.6 Å². The summed E-state index contributed by atoms with van der Waals surface area (Å²) in [4.78, 5) is 11.5. The molecule has 0 bridgehead atoms. The second-order valence-electron chi connectivity index (χ2n) is 4.91. The van der Waals surface area contributed by atoms with Crippen LogP contribution in [0.15, 0.2) is 18.2 Å². The van der Waals surface area contributed by atoms with Crippen molar-refractivity contribution in [3.63, 3.8) is 0 Å². The summed E-state index contributed by atoms with van der Waals surface area (Å²) >= 11 is 0. The Kier molecular flexibility index (Phi) is 7.09. The first-order valence-corrected chi connectivity index (χ1v) is 7.14. The lowest BCUT2D eigenvalue weighted by Gasteiger charge is -2.17. The van der Waals surface area contributed by atoms with Crippen molar-refractivity contribution >= 4 is 5.97 Å². The molecule has 1 atom stereocenters. The smallest absolute Gasteiger partial charge is 0.344 e. The van der Waals surface area contributed by atoms with E-state index in [-0.39, 0.29) is 18.6 Å². The molecule has 1 N–H and O–H groups in total. The van der Waals surface area contributed by atoms with E-state index in [1.54, 1.807) is 0 Å². The fourth-order valence-corrected chi connectivity index (χ4v) is 1.80. The molecule has 1 rings (SSSR count). The lowest BCUT2D eigenvalue weighted by atomic mass is 10.0. The molecule has 4 heteroatoms. The van der Waals surface area contributed by atoms with Crippen molar-refractivity contribution in [3.8, 4) is 5.75 Å². The SMILES string of the molecule is CCCCOC(=O)COc1ccc(C)cc1C(C)NC. The number of benzene rings is 1. The van der Waals surface area contributed by atoms with Crippen LogP contribution in [-0.4, -0.2) is 26.2 Å². The quantitative estimate of drug-likeness (QED) is 0.587. The van der Waals surface area contributed by atoms with Crippen LogP contribution in [0.5, 0.6) is 5.75 Å². The van der Waals surface area contributed by atoms with E-state index in [0.717, 1.165) is 24.2 Å². The largest absolute Gasteiger partial charge is 0.482 e. The molecule has 0 aliphatic carbocycles. The third-order valence-electron chi connectivity index (χ3n) is 3.17. The zero-order chi connectivity index (χ0) is 15.0. The molecular formula is C16H25NO3. The number of aryl methyl sites for hydroxylation is 1. The number of nitrogens with one attached hydrogen (secondary N) is 1. The Morgan fingerprint density at radius 1 is 1.40 bits per heavy atom. The Bertz CT molecular complexity index is 432. The van der Waals surface area contributed by atoms with Gasteiger partial charge in [-0.25, -0.2) is 4.79 Å². The number of unbranched alkanes of at least 4 members (excludes halogenated alkanes) is 1. The highest BCUT2D eigenvalue weighted by atomic mass is 16.6. The molecule has 0 aliphatic heterocycles. The molecule has 0 saturated carbocycles. The number of hydrogen-bond acceptors (Lipinski definition) is 4. The van der Waals surface area contributed by atoms with Crippen LogP contribution in [0.25, 0.3) is 0 Å². The molecule has 4 nitrogen and oxygen atoms in total. The van der Waals surface area contributed by atoms with Crippen LogP contribution >= 0.6 is 0 Å². The zero-order valence-corrected chi connectivity index (χ0v) is 12.9. The Morgan fingerprint density at radius 3 is 2.80 bits per heavy atom. The van der Waals surface area contributed by atoms with Gasteiger partial charge in [0.25, 0.3) is 0 Å². The van der Waals surface area contributed by atoms with Crippen LogP contribution in [-0.2, 0) is 9.53 Å². The van der Waals surface area contributed by atoms with Crippen molar-refractivity contribution in [2.24, 2.45) is 0 Å². The maximum Gasteiger partial charge on any atom is 0.344 e. The summed E-state index contributed by atoms with van der Waals surface area (Å²) in [5.74, 6) is 0.409. The molecular weight excluding hydrogens is 254 g/mol. The first-order chi connectivity index (χ1) is 9.58. The molecule has 1 aromatic rings. The summed E-state index contributed by atoms with van der Waals surface area (Å²) < 4.78 is 10.7. The molecule has 0 spiro atoms. The molecule has 0 heterocycles. The second kappa shape index (κ2) is 8.59. The number of carbonyl (C=O) groups excluding carboxylic acids is 1. The van der Waals surface area contributed by atoms with Crippen LogP contribution in [0, 0.1) is 6.92 Å². The zero-order valence-electron chi connectivity index (χ0n) is 12.9. The van der Waals surface area contributed by atoms with E-state index in [2.05, 4.69) is 25.2 Å². The minimum atomic E-state index is -0.318. The van der Waals surface area contributed by atoms with Gasteiger partial charge in [0, 0.05) is 11.6 Å². The molecule has 0 fully saturated rings. The van der Waals surface area contributed by atoms with E-state index in [1.165, 1.54) is 5.56 Å². The summed E-state index contributed by atoms with van der Waals surface area (Å²) in [7, 11) is 1.90. The monoisotopic (exact) mass is 279 g/mol. The van der Waals surface area contributed by atoms with Gasteiger partial charge in [-0.2, -0.15) is 0 Å². The number of hydrogen-bond donors (Lipinski definition) is 1. The third-order valence-corrected chi connectivity index (χ3v) is 3.17. The van der Waals surface area contributed by atoms with Crippen molar-refractivity contribution < 1.29 is 14.3 Å². The molecule has 0 aromatic heterocycles. The summed E-state index contributed by atoms with van der Waals surface area (Å²) in [6.45, 7) is 6.57. The van der Waals surface area contributed by atoms with Crippen LogP contribution in [0.2, 0.25) is 0 Å². The predicted molar refractivity (Wildman–Crippen MR) is 80.0 cm³/mol. The predicted octanol–water partition coefficient (Wildman–Crippen LogP) is 3.00. The lowest BCUT2D eigenvalue weighted by Crippen LogP contribution is -2.18. The molecule has 0 saturated heterocycles. The normalized spacial score (nSPS) is 12.0. The molecule has 0 aliphatic rings. The summed E-state index contributed by atoms with van der Waals surface area (Å²) in [6.07, 6.45) is 1.90. The summed E-state index contributed by atoms with van der Waals surface area (Å²) in [5.41, 5.74) is 2.22. The van der Waals surface area contributed by atoms with Gasteiger partial charge < -0.3 is 14.8 Å². The van der Waals surface area contributed by atoms with E-state index in [0.29, 0.717) is 6.61 Å². The fourth-order valence-electron chi connectivity index (χ4n) is 1.80. The van der Waals surface area contributed by atoms with Gasteiger partial charge in [-0.05, 0) is 33.4 Å². The number of rotatable bonds is 8. The molecule has 0 radical (unpaired) electrons. The van der Waals surface area contributed by atoms with Crippen molar-refractivity contribution in [1.29, 1.82) is 0 Å². The van der Waals surface area contributed by atoms with Crippen molar-refractivity contribution in [3.05, 3.63) is 29.3 Å². The minimum absolute atomic E-state index is 0.0454. The third kappa shape index (κ3) is 5.21. The van der Waals surface area contributed by atoms with E-state index in [1.807, 2.05) is 26.1 Å². The van der Waals surface area contributed by atoms with E-state index in [4.69, 9.17) is 9.47 Å². The average Bonchev–Trinajstić information content (AvgIpc) is 2.45. The number of carbonyl (C=O) groups is 1. The van der Waals surface area contributed by atoms with Gasteiger partial charge in [0.05, 0.1) is 6.61 Å². The van der Waals surface area contributed by atoms with Crippen molar-refractivity contribution in [1.82, 2.24) is 5.32 Å². The van der Waals surface area contributed by atoms with Gasteiger partial charge in [0.15, 0.2) is 6.61 Å². The summed E-state index contributed by atoms with van der Waals surface area (Å²) in [6, 6.07) is 6.11. The Labute approximate surface area is 121 Å². The first kappa shape index (κ1) is 16.5. The van der Waals surface area contributed by atoms with Gasteiger partial charge in [-0.15, -0.1) is 0 Å². The Morgan fingerprint density at radius 2 is 2.15 bits per heavy atom. The first-order valence-electron chi connectivity index (χ1n) is 7.14. The van der Waals surface area contributed by atoms with E-state index < -0.39 is 0 Å². The summed E-state index contributed by atoms with van der Waals surface area (Å²) in [5, 5.41) is 3.18.